The maximum Gasteiger partial charge on any atom is 0.0541 e. The van der Waals surface area contributed by atoms with E-state index < -0.39 is 0 Å². The highest BCUT2D eigenvalue weighted by atomic mass is 32.1. The zero-order chi connectivity index (χ0) is 27.3. The minimum Gasteiger partial charge on any atom is -0.309 e. The van der Waals surface area contributed by atoms with E-state index in [1.807, 2.05) is 11.3 Å². The summed E-state index contributed by atoms with van der Waals surface area (Å²) < 4.78 is 5.15. The Hall–Kier alpha value is -4.66. The van der Waals surface area contributed by atoms with Gasteiger partial charge in [0.05, 0.1) is 11.0 Å². The van der Waals surface area contributed by atoms with Gasteiger partial charge in [0.15, 0.2) is 0 Å². The Labute approximate surface area is 242 Å². The molecule has 41 heavy (non-hydrogen) atoms. The molecule has 0 radical (unpaired) electrons. The highest BCUT2D eigenvalue weighted by Gasteiger charge is 2.37. The van der Waals surface area contributed by atoms with Crippen LogP contribution in [0.1, 0.15) is 25.0 Å². The maximum atomic E-state index is 2.51. The van der Waals surface area contributed by atoms with Crippen LogP contribution in [0, 0.1) is 0 Å². The van der Waals surface area contributed by atoms with Crippen LogP contribution in [0.15, 0.2) is 127 Å². The van der Waals surface area contributed by atoms with Crippen LogP contribution in [0.2, 0.25) is 0 Å². The molecule has 0 atom stereocenters. The van der Waals surface area contributed by atoms with E-state index in [9.17, 15) is 0 Å². The van der Waals surface area contributed by atoms with Crippen molar-refractivity contribution in [2.24, 2.45) is 0 Å². The van der Waals surface area contributed by atoms with Gasteiger partial charge in [-0.1, -0.05) is 98.8 Å². The molecule has 8 aromatic rings. The number of para-hydroxylation sites is 2. The molecule has 2 heteroatoms. The average molecular weight is 542 g/mol. The molecule has 0 saturated heterocycles. The SMILES string of the molecule is CC1(C)c2ccccc2-c2c1cc(-c1ccc3c(c1)c1ccccc1n3-c1ccccc1)c1c2sc2ccccc21. The largest absolute Gasteiger partial charge is 0.309 e. The van der Waals surface area contributed by atoms with Gasteiger partial charge in [0.2, 0.25) is 0 Å². The molecule has 0 spiro atoms. The third kappa shape index (κ3) is 3.06. The average Bonchev–Trinajstić information content (AvgIpc) is 3.63. The zero-order valence-electron chi connectivity index (χ0n) is 23.0. The van der Waals surface area contributed by atoms with E-state index in [2.05, 4.69) is 146 Å². The van der Waals surface area contributed by atoms with Crippen molar-refractivity contribution in [3.05, 3.63) is 139 Å². The topological polar surface area (TPSA) is 4.93 Å². The number of benzene rings is 6. The van der Waals surface area contributed by atoms with Gasteiger partial charge in [0.1, 0.15) is 0 Å². The second kappa shape index (κ2) is 8.19. The van der Waals surface area contributed by atoms with Gasteiger partial charge in [-0.05, 0) is 70.3 Å². The second-order valence-corrected chi connectivity index (χ2v) is 12.8. The third-order valence-corrected chi connectivity index (χ3v) is 10.4. The Balaban J connectivity index is 1.40. The van der Waals surface area contributed by atoms with Gasteiger partial charge in [-0.2, -0.15) is 0 Å². The Kier molecular flexibility index (Phi) is 4.61. The summed E-state index contributed by atoms with van der Waals surface area (Å²) in [5, 5.41) is 5.30. The monoisotopic (exact) mass is 541 g/mol. The van der Waals surface area contributed by atoms with Crippen LogP contribution in [0.25, 0.3) is 69.9 Å². The van der Waals surface area contributed by atoms with E-state index in [-0.39, 0.29) is 5.41 Å². The Morgan fingerprint density at radius 1 is 0.561 bits per heavy atom. The van der Waals surface area contributed by atoms with E-state index in [0.717, 1.165) is 0 Å². The summed E-state index contributed by atoms with van der Waals surface area (Å²) in [6.07, 6.45) is 0. The summed E-state index contributed by atoms with van der Waals surface area (Å²) in [7, 11) is 0. The first kappa shape index (κ1) is 23.1. The molecule has 0 bridgehead atoms. The summed E-state index contributed by atoms with van der Waals surface area (Å²) in [6, 6.07) is 47.0. The molecule has 2 aromatic heterocycles. The lowest BCUT2D eigenvalue weighted by atomic mass is 9.81. The number of fused-ring (bicyclic) bond motifs is 10. The molecule has 194 valence electrons. The van der Waals surface area contributed by atoms with Crippen LogP contribution in [-0.2, 0) is 5.41 Å². The van der Waals surface area contributed by atoms with Crippen LogP contribution < -0.4 is 0 Å². The molecule has 0 amide bonds. The molecule has 1 nitrogen and oxygen atoms in total. The number of hydrogen-bond donors (Lipinski definition) is 0. The fraction of sp³-hybridized carbons (Fsp3) is 0.0769. The van der Waals surface area contributed by atoms with Crippen molar-refractivity contribution in [1.29, 1.82) is 0 Å². The fourth-order valence-corrected chi connectivity index (χ4v) is 8.57. The second-order valence-electron chi connectivity index (χ2n) is 11.7. The standard InChI is InChI=1S/C39H27NS/c1-39(2)31-17-9-6-15-27(31)37-32(39)23-29(36-28-16-8-11-19-35(28)41-38(36)37)24-20-21-34-30(22-24)26-14-7-10-18-33(26)40(34)25-12-4-3-5-13-25/h3-23H,1-2H3. The summed E-state index contributed by atoms with van der Waals surface area (Å²) in [5.74, 6) is 0. The summed E-state index contributed by atoms with van der Waals surface area (Å²) >= 11 is 1.94. The van der Waals surface area contributed by atoms with Gasteiger partial charge in [0.25, 0.3) is 0 Å². The van der Waals surface area contributed by atoms with Gasteiger partial charge < -0.3 is 4.57 Å². The first-order valence-corrected chi connectivity index (χ1v) is 15.1. The molecule has 9 rings (SSSR count). The first-order valence-electron chi connectivity index (χ1n) is 14.3. The molecule has 0 N–H and O–H groups in total. The van der Waals surface area contributed by atoms with Crippen molar-refractivity contribution >= 4 is 53.3 Å². The Morgan fingerprint density at radius 2 is 1.27 bits per heavy atom. The van der Waals surface area contributed by atoms with Gasteiger partial charge >= 0.3 is 0 Å². The molecule has 2 heterocycles. The van der Waals surface area contributed by atoms with Gasteiger partial charge in [0, 0.05) is 47.6 Å². The number of hydrogen-bond acceptors (Lipinski definition) is 1. The first-order chi connectivity index (χ1) is 20.1. The van der Waals surface area contributed by atoms with Crippen molar-refractivity contribution in [3.63, 3.8) is 0 Å². The highest BCUT2D eigenvalue weighted by Crippen LogP contribution is 2.56. The summed E-state index contributed by atoms with van der Waals surface area (Å²) in [6.45, 7) is 4.77. The van der Waals surface area contributed by atoms with Gasteiger partial charge in [-0.3, -0.25) is 0 Å². The maximum absolute atomic E-state index is 2.51. The van der Waals surface area contributed by atoms with Crippen LogP contribution in [-0.4, -0.2) is 4.57 Å². The van der Waals surface area contributed by atoms with E-state index in [0.29, 0.717) is 0 Å². The molecule has 1 aliphatic carbocycles. The Morgan fingerprint density at radius 3 is 2.15 bits per heavy atom. The molecule has 6 aromatic carbocycles. The van der Waals surface area contributed by atoms with Gasteiger partial charge in [-0.25, -0.2) is 0 Å². The lowest BCUT2D eigenvalue weighted by molar-refractivity contribution is 0.661. The minimum absolute atomic E-state index is 0.0571. The lowest BCUT2D eigenvalue weighted by Gasteiger charge is -2.22. The predicted molar refractivity (Wildman–Crippen MR) is 177 cm³/mol. The van der Waals surface area contributed by atoms with E-state index >= 15 is 0 Å². The van der Waals surface area contributed by atoms with E-state index in [1.165, 1.54) is 81.0 Å². The van der Waals surface area contributed by atoms with Gasteiger partial charge in [-0.15, -0.1) is 11.3 Å². The quantitative estimate of drug-likeness (QED) is 0.205. The number of thiophene rings is 1. The van der Waals surface area contributed by atoms with Crippen molar-refractivity contribution in [2.75, 3.05) is 0 Å². The number of aromatic nitrogens is 1. The smallest absolute Gasteiger partial charge is 0.0541 e. The predicted octanol–water partition coefficient (Wildman–Crippen LogP) is 11.1. The fourth-order valence-electron chi connectivity index (χ4n) is 7.27. The molecule has 0 saturated carbocycles. The number of rotatable bonds is 2. The molecule has 0 aliphatic heterocycles. The molecule has 0 unspecified atom stereocenters. The highest BCUT2D eigenvalue weighted by molar-refractivity contribution is 7.26. The normalized spacial score (nSPS) is 13.8. The van der Waals surface area contributed by atoms with Crippen LogP contribution >= 0.6 is 11.3 Å². The van der Waals surface area contributed by atoms with E-state index in [1.54, 1.807) is 0 Å². The van der Waals surface area contributed by atoms with Crippen LogP contribution in [0.5, 0.6) is 0 Å². The molecule has 0 fully saturated rings. The molecular weight excluding hydrogens is 515 g/mol. The zero-order valence-corrected chi connectivity index (χ0v) is 23.8. The van der Waals surface area contributed by atoms with Crippen molar-refractivity contribution < 1.29 is 0 Å². The third-order valence-electron chi connectivity index (χ3n) is 9.19. The lowest BCUT2D eigenvalue weighted by Crippen LogP contribution is -2.14. The minimum atomic E-state index is -0.0571. The van der Waals surface area contributed by atoms with Crippen LogP contribution in [0.4, 0.5) is 0 Å². The summed E-state index contributed by atoms with van der Waals surface area (Å²) in [4.78, 5) is 0. The van der Waals surface area contributed by atoms with E-state index in [4.69, 9.17) is 0 Å². The van der Waals surface area contributed by atoms with Crippen LogP contribution in [0.3, 0.4) is 0 Å². The Bertz CT molecular complexity index is 2330. The molecule has 1 aliphatic rings. The summed E-state index contributed by atoms with van der Waals surface area (Å²) in [5.41, 5.74) is 11.9. The van der Waals surface area contributed by atoms with Crippen molar-refractivity contribution in [2.45, 2.75) is 19.3 Å². The molecular formula is C39H27NS. The number of nitrogens with zero attached hydrogens (tertiary/aromatic N) is 1. The van der Waals surface area contributed by atoms with Crippen molar-refractivity contribution in [1.82, 2.24) is 4.57 Å². The van der Waals surface area contributed by atoms with Crippen molar-refractivity contribution in [3.8, 4) is 27.9 Å².